The molecule has 0 bridgehead atoms. The van der Waals surface area contributed by atoms with Gasteiger partial charge in [0.1, 0.15) is 12.4 Å². The summed E-state index contributed by atoms with van der Waals surface area (Å²) in [4.78, 5) is 26.9. The van der Waals surface area contributed by atoms with Gasteiger partial charge in [-0.1, -0.05) is 24.3 Å². The van der Waals surface area contributed by atoms with Crippen LogP contribution in [0, 0.1) is 0 Å². The third kappa shape index (κ3) is 7.08. The molecule has 0 fully saturated rings. The second kappa shape index (κ2) is 12.3. The number of rotatable bonds is 11. The number of carbonyl (C=O) groups is 2. The third-order valence-electron chi connectivity index (χ3n) is 4.89. The average molecular weight is 448 g/mol. The van der Waals surface area contributed by atoms with E-state index in [4.69, 9.17) is 9.47 Å². The van der Waals surface area contributed by atoms with Crippen LogP contribution in [0.15, 0.2) is 78.9 Å². The van der Waals surface area contributed by atoms with Crippen LogP contribution in [0.2, 0.25) is 0 Å². The zero-order valence-electron chi connectivity index (χ0n) is 18.9. The van der Waals surface area contributed by atoms with Crippen LogP contribution in [0.4, 0.5) is 17.1 Å². The van der Waals surface area contributed by atoms with Crippen LogP contribution in [0.25, 0.3) is 0 Å². The summed E-state index contributed by atoms with van der Waals surface area (Å²) >= 11 is 0. The van der Waals surface area contributed by atoms with Crippen molar-refractivity contribution < 1.29 is 19.1 Å². The summed E-state index contributed by atoms with van der Waals surface area (Å²) in [5.41, 5.74) is 2.84. The van der Waals surface area contributed by atoms with Gasteiger partial charge in [-0.25, -0.2) is 0 Å². The lowest BCUT2D eigenvalue weighted by atomic mass is 10.1. The molecule has 0 radical (unpaired) electrons. The fourth-order valence-corrected chi connectivity index (χ4v) is 3.23. The highest BCUT2D eigenvalue weighted by Gasteiger charge is 2.15. The molecule has 7 heteroatoms. The summed E-state index contributed by atoms with van der Waals surface area (Å²) in [5, 5.41) is 5.92. The molecule has 33 heavy (non-hydrogen) atoms. The Labute approximate surface area is 194 Å². The first kappa shape index (κ1) is 23.8. The lowest BCUT2D eigenvalue weighted by Gasteiger charge is -2.21. The Bertz CT molecular complexity index is 1040. The fourth-order valence-electron chi connectivity index (χ4n) is 3.23. The van der Waals surface area contributed by atoms with E-state index in [0.29, 0.717) is 36.8 Å². The van der Waals surface area contributed by atoms with Gasteiger partial charge in [-0.3, -0.25) is 9.59 Å². The average Bonchev–Trinajstić information content (AvgIpc) is 2.84. The van der Waals surface area contributed by atoms with Crippen LogP contribution in [-0.4, -0.2) is 45.2 Å². The van der Waals surface area contributed by atoms with Gasteiger partial charge in [-0.05, 0) is 55.5 Å². The monoisotopic (exact) mass is 447 g/mol. The summed E-state index contributed by atoms with van der Waals surface area (Å²) in [5.74, 6) is 0.403. The van der Waals surface area contributed by atoms with Crippen LogP contribution >= 0.6 is 0 Å². The van der Waals surface area contributed by atoms with Crippen molar-refractivity contribution in [1.82, 2.24) is 0 Å². The first-order valence-electron chi connectivity index (χ1n) is 10.8. The second-order valence-corrected chi connectivity index (χ2v) is 7.23. The van der Waals surface area contributed by atoms with E-state index >= 15 is 0 Å². The van der Waals surface area contributed by atoms with E-state index in [9.17, 15) is 9.59 Å². The molecule has 0 aliphatic rings. The molecule has 0 saturated heterocycles. The van der Waals surface area contributed by atoms with Crippen molar-refractivity contribution in [3.63, 3.8) is 0 Å². The van der Waals surface area contributed by atoms with Gasteiger partial charge < -0.3 is 25.0 Å². The van der Waals surface area contributed by atoms with Gasteiger partial charge in [0.05, 0.1) is 13.2 Å². The number of anilines is 3. The number of amides is 2. The first-order valence-corrected chi connectivity index (χ1v) is 10.8. The van der Waals surface area contributed by atoms with Gasteiger partial charge in [-0.2, -0.15) is 0 Å². The van der Waals surface area contributed by atoms with Crippen molar-refractivity contribution in [2.24, 2.45) is 0 Å². The molecular formula is C26H29N3O4. The number of nitrogens with zero attached hydrogens (tertiary/aromatic N) is 1. The molecule has 0 aliphatic heterocycles. The summed E-state index contributed by atoms with van der Waals surface area (Å²) in [6, 6.07) is 23.9. The maximum Gasteiger partial charge on any atom is 0.258 e. The van der Waals surface area contributed by atoms with Crippen molar-refractivity contribution in [3.8, 4) is 5.75 Å². The maximum atomic E-state index is 12.9. The number of hydrogen-bond donors (Lipinski definition) is 2. The van der Waals surface area contributed by atoms with Gasteiger partial charge in [0.2, 0.25) is 5.91 Å². The molecule has 172 valence electrons. The minimum atomic E-state index is -0.189. The van der Waals surface area contributed by atoms with Crippen LogP contribution in [0.3, 0.4) is 0 Å². The van der Waals surface area contributed by atoms with Crippen molar-refractivity contribution in [3.05, 3.63) is 84.4 Å². The molecule has 0 spiro atoms. The van der Waals surface area contributed by atoms with Gasteiger partial charge in [0, 0.05) is 42.3 Å². The quantitative estimate of drug-likeness (QED) is 0.425. The lowest BCUT2D eigenvalue weighted by Crippen LogP contribution is -2.30. The molecule has 3 aromatic carbocycles. The van der Waals surface area contributed by atoms with Crippen LogP contribution in [-0.2, 0) is 9.53 Å². The third-order valence-corrected chi connectivity index (χ3v) is 4.89. The van der Waals surface area contributed by atoms with Gasteiger partial charge in [0.25, 0.3) is 5.91 Å². The topological polar surface area (TPSA) is 79.9 Å². The van der Waals surface area contributed by atoms with E-state index in [1.165, 1.54) is 0 Å². The number of methoxy groups -OCH3 is 1. The molecule has 0 atom stereocenters. The molecule has 0 saturated carbocycles. The molecule has 0 unspecified atom stereocenters. The van der Waals surface area contributed by atoms with E-state index in [-0.39, 0.29) is 18.4 Å². The summed E-state index contributed by atoms with van der Waals surface area (Å²) in [6.45, 7) is 3.54. The van der Waals surface area contributed by atoms with E-state index < -0.39 is 0 Å². The zero-order chi connectivity index (χ0) is 23.5. The largest absolute Gasteiger partial charge is 0.491 e. The standard InChI is InChI=1S/C26H29N3O4/c1-3-29(23-9-5-4-6-10-23)26(31)20-12-14-21(15-13-20)27-19-25(30)28-22-8-7-11-24(18-22)33-17-16-32-2/h4-15,18,27H,3,16-17,19H2,1-2H3,(H,28,30). The number of carbonyl (C=O) groups excluding carboxylic acids is 2. The first-order chi connectivity index (χ1) is 16.1. The molecular weight excluding hydrogens is 418 g/mol. The molecule has 2 amide bonds. The van der Waals surface area contributed by atoms with Gasteiger partial charge in [0.15, 0.2) is 0 Å². The van der Waals surface area contributed by atoms with Gasteiger partial charge >= 0.3 is 0 Å². The second-order valence-electron chi connectivity index (χ2n) is 7.23. The molecule has 0 aromatic heterocycles. The number of nitrogens with one attached hydrogen (secondary N) is 2. The summed E-state index contributed by atoms with van der Waals surface area (Å²) in [7, 11) is 1.61. The fraction of sp³-hybridized carbons (Fsp3) is 0.231. The van der Waals surface area contributed by atoms with Crippen molar-refractivity contribution >= 4 is 28.9 Å². The van der Waals surface area contributed by atoms with Crippen molar-refractivity contribution in [2.75, 3.05) is 48.9 Å². The van der Waals surface area contributed by atoms with Crippen LogP contribution < -0.4 is 20.3 Å². The Morgan fingerprint density at radius 3 is 2.33 bits per heavy atom. The van der Waals surface area contributed by atoms with E-state index in [0.717, 1.165) is 11.4 Å². The molecule has 3 rings (SSSR count). The smallest absolute Gasteiger partial charge is 0.258 e. The SMILES string of the molecule is CCN(C(=O)c1ccc(NCC(=O)Nc2cccc(OCCOC)c2)cc1)c1ccccc1. The molecule has 2 N–H and O–H groups in total. The maximum absolute atomic E-state index is 12.9. The predicted octanol–water partition coefficient (Wildman–Crippen LogP) is 4.43. The minimum Gasteiger partial charge on any atom is -0.491 e. The molecule has 0 heterocycles. The summed E-state index contributed by atoms with van der Waals surface area (Å²) < 4.78 is 10.5. The molecule has 3 aromatic rings. The summed E-state index contributed by atoms with van der Waals surface area (Å²) in [6.07, 6.45) is 0. The molecule has 7 nitrogen and oxygen atoms in total. The van der Waals surface area contributed by atoms with Crippen LogP contribution in [0.5, 0.6) is 5.75 Å². The zero-order valence-corrected chi connectivity index (χ0v) is 18.9. The van der Waals surface area contributed by atoms with E-state index in [2.05, 4.69) is 10.6 Å². The Kier molecular flexibility index (Phi) is 8.85. The lowest BCUT2D eigenvalue weighted by molar-refractivity contribution is -0.114. The minimum absolute atomic E-state index is 0.0689. The predicted molar refractivity (Wildman–Crippen MR) is 131 cm³/mol. The Morgan fingerprint density at radius 2 is 1.64 bits per heavy atom. The van der Waals surface area contributed by atoms with E-state index in [1.807, 2.05) is 49.4 Å². The Morgan fingerprint density at radius 1 is 0.879 bits per heavy atom. The number of benzene rings is 3. The molecule has 0 aliphatic carbocycles. The van der Waals surface area contributed by atoms with Crippen LogP contribution in [0.1, 0.15) is 17.3 Å². The normalized spacial score (nSPS) is 10.4. The van der Waals surface area contributed by atoms with Gasteiger partial charge in [-0.15, -0.1) is 0 Å². The number of hydrogen-bond acceptors (Lipinski definition) is 5. The Hall–Kier alpha value is -3.84. The Balaban J connectivity index is 1.52. The highest BCUT2D eigenvalue weighted by Crippen LogP contribution is 2.19. The number of ether oxygens (including phenoxy) is 2. The highest BCUT2D eigenvalue weighted by molar-refractivity contribution is 6.06. The van der Waals surface area contributed by atoms with Crippen molar-refractivity contribution in [2.45, 2.75) is 6.92 Å². The highest BCUT2D eigenvalue weighted by atomic mass is 16.5. The number of para-hydroxylation sites is 1. The van der Waals surface area contributed by atoms with Crippen molar-refractivity contribution in [1.29, 1.82) is 0 Å². The van der Waals surface area contributed by atoms with E-state index in [1.54, 1.807) is 48.4 Å².